The standard InChI is InChI=1S/C11H23N3S/c1-5-10-8-13-11(15-10)12-6-7-14(4)9(2)3/h9-10H,5-8H2,1-4H3,(H,12,13). The zero-order valence-electron chi connectivity index (χ0n) is 10.3. The molecule has 0 bridgehead atoms. The Bertz CT molecular complexity index is 216. The van der Waals surface area contributed by atoms with Gasteiger partial charge in [-0.15, -0.1) is 0 Å². The van der Waals surface area contributed by atoms with E-state index < -0.39 is 0 Å². The highest BCUT2D eigenvalue weighted by molar-refractivity contribution is 8.14. The SMILES string of the molecule is CCC1CN=C(NCCN(C)C(C)C)S1. The minimum Gasteiger partial charge on any atom is -0.364 e. The predicted octanol–water partition coefficient (Wildman–Crippen LogP) is 1.80. The highest BCUT2D eigenvalue weighted by Crippen LogP contribution is 2.21. The number of nitrogens with zero attached hydrogens (tertiary/aromatic N) is 2. The Hall–Kier alpha value is -0.220. The predicted molar refractivity (Wildman–Crippen MR) is 69.7 cm³/mol. The van der Waals surface area contributed by atoms with E-state index in [0.29, 0.717) is 11.3 Å². The van der Waals surface area contributed by atoms with Gasteiger partial charge < -0.3 is 10.2 Å². The number of aliphatic imine (C=N–C) groups is 1. The van der Waals surface area contributed by atoms with Gasteiger partial charge >= 0.3 is 0 Å². The Morgan fingerprint density at radius 2 is 2.33 bits per heavy atom. The van der Waals surface area contributed by atoms with Gasteiger partial charge in [0.2, 0.25) is 0 Å². The molecule has 0 radical (unpaired) electrons. The van der Waals surface area contributed by atoms with Gasteiger partial charge in [-0.05, 0) is 27.3 Å². The third-order valence-electron chi connectivity index (χ3n) is 2.79. The van der Waals surface area contributed by atoms with Crippen LogP contribution in [0.2, 0.25) is 0 Å². The molecule has 0 saturated carbocycles. The van der Waals surface area contributed by atoms with Gasteiger partial charge in [0.15, 0.2) is 5.17 Å². The molecule has 1 aliphatic heterocycles. The number of nitrogens with one attached hydrogen (secondary N) is 1. The summed E-state index contributed by atoms with van der Waals surface area (Å²) in [5.74, 6) is 0. The number of likely N-dealkylation sites (N-methyl/N-ethyl adjacent to an activating group) is 1. The highest BCUT2D eigenvalue weighted by atomic mass is 32.2. The van der Waals surface area contributed by atoms with Crippen molar-refractivity contribution in [3.63, 3.8) is 0 Å². The van der Waals surface area contributed by atoms with Gasteiger partial charge in [-0.3, -0.25) is 4.99 Å². The van der Waals surface area contributed by atoms with E-state index in [1.165, 1.54) is 6.42 Å². The smallest absolute Gasteiger partial charge is 0.156 e. The van der Waals surface area contributed by atoms with Crippen LogP contribution in [0.15, 0.2) is 4.99 Å². The van der Waals surface area contributed by atoms with E-state index in [1.54, 1.807) is 0 Å². The van der Waals surface area contributed by atoms with Crippen LogP contribution < -0.4 is 5.32 Å². The number of hydrogen-bond acceptors (Lipinski definition) is 4. The van der Waals surface area contributed by atoms with Crippen molar-refractivity contribution in [2.75, 3.05) is 26.7 Å². The second kappa shape index (κ2) is 6.38. The molecule has 1 atom stereocenters. The van der Waals surface area contributed by atoms with Crippen molar-refractivity contribution in [3.05, 3.63) is 0 Å². The normalized spacial score (nSPS) is 21.2. The first-order chi connectivity index (χ1) is 7.13. The van der Waals surface area contributed by atoms with Gasteiger partial charge in [-0.2, -0.15) is 0 Å². The summed E-state index contributed by atoms with van der Waals surface area (Å²) in [6.07, 6.45) is 1.21. The third kappa shape index (κ3) is 4.43. The molecule has 15 heavy (non-hydrogen) atoms. The molecule has 0 fully saturated rings. The molecule has 1 aliphatic rings. The van der Waals surface area contributed by atoms with Crippen LogP contribution in [-0.4, -0.2) is 48.0 Å². The molecule has 1 rings (SSSR count). The fraction of sp³-hybridized carbons (Fsp3) is 0.909. The van der Waals surface area contributed by atoms with Gasteiger partial charge in [0.05, 0.1) is 6.54 Å². The van der Waals surface area contributed by atoms with E-state index in [2.05, 4.69) is 43.0 Å². The van der Waals surface area contributed by atoms with E-state index in [9.17, 15) is 0 Å². The summed E-state index contributed by atoms with van der Waals surface area (Å²) in [6.45, 7) is 9.72. The lowest BCUT2D eigenvalue weighted by molar-refractivity contribution is 0.278. The maximum atomic E-state index is 4.48. The zero-order valence-corrected chi connectivity index (χ0v) is 11.1. The Kier molecular flexibility index (Phi) is 5.47. The fourth-order valence-corrected chi connectivity index (χ4v) is 2.29. The van der Waals surface area contributed by atoms with Gasteiger partial charge in [0, 0.05) is 24.4 Å². The molecule has 0 aromatic heterocycles. The van der Waals surface area contributed by atoms with E-state index in [4.69, 9.17) is 0 Å². The van der Waals surface area contributed by atoms with Gasteiger partial charge in [-0.1, -0.05) is 18.7 Å². The molecule has 0 saturated heterocycles. The summed E-state index contributed by atoms with van der Waals surface area (Å²) in [5, 5.41) is 5.24. The second-order valence-electron chi connectivity index (χ2n) is 4.30. The number of hydrogen-bond donors (Lipinski definition) is 1. The highest BCUT2D eigenvalue weighted by Gasteiger charge is 2.17. The topological polar surface area (TPSA) is 27.6 Å². The van der Waals surface area contributed by atoms with Crippen LogP contribution in [0.5, 0.6) is 0 Å². The van der Waals surface area contributed by atoms with Crippen LogP contribution in [0.4, 0.5) is 0 Å². The van der Waals surface area contributed by atoms with Gasteiger partial charge in [0.25, 0.3) is 0 Å². The van der Waals surface area contributed by atoms with Crippen LogP contribution in [-0.2, 0) is 0 Å². The quantitative estimate of drug-likeness (QED) is 0.779. The van der Waals surface area contributed by atoms with Crippen LogP contribution in [0.1, 0.15) is 27.2 Å². The van der Waals surface area contributed by atoms with Crippen molar-refractivity contribution in [2.45, 2.75) is 38.5 Å². The molecule has 4 heteroatoms. The summed E-state index contributed by atoms with van der Waals surface area (Å²) in [5.41, 5.74) is 0. The summed E-state index contributed by atoms with van der Waals surface area (Å²) < 4.78 is 0. The molecule has 1 unspecified atom stereocenters. The fourth-order valence-electron chi connectivity index (χ4n) is 1.32. The molecule has 3 nitrogen and oxygen atoms in total. The summed E-state index contributed by atoms with van der Waals surface area (Å²) in [4.78, 5) is 6.82. The molecule has 0 aromatic carbocycles. The molecular weight excluding hydrogens is 206 g/mol. The Labute approximate surface area is 97.7 Å². The van der Waals surface area contributed by atoms with Crippen LogP contribution in [0.25, 0.3) is 0 Å². The molecule has 0 amide bonds. The van der Waals surface area contributed by atoms with Crippen LogP contribution in [0.3, 0.4) is 0 Å². The van der Waals surface area contributed by atoms with Crippen molar-refractivity contribution in [1.29, 1.82) is 0 Å². The maximum Gasteiger partial charge on any atom is 0.156 e. The molecule has 88 valence electrons. The lowest BCUT2D eigenvalue weighted by Crippen LogP contribution is -2.35. The average molecular weight is 229 g/mol. The molecule has 0 aromatic rings. The monoisotopic (exact) mass is 229 g/mol. The van der Waals surface area contributed by atoms with Crippen molar-refractivity contribution in [1.82, 2.24) is 10.2 Å². The molecule has 0 spiro atoms. The van der Waals surface area contributed by atoms with Gasteiger partial charge in [-0.25, -0.2) is 0 Å². The summed E-state index contributed by atoms with van der Waals surface area (Å²) >= 11 is 1.89. The van der Waals surface area contributed by atoms with Crippen LogP contribution >= 0.6 is 11.8 Å². The molecule has 1 heterocycles. The largest absolute Gasteiger partial charge is 0.364 e. The van der Waals surface area contributed by atoms with Crippen molar-refractivity contribution >= 4 is 16.9 Å². The molecule has 1 N–H and O–H groups in total. The third-order valence-corrected chi connectivity index (χ3v) is 4.11. The number of amidine groups is 1. The van der Waals surface area contributed by atoms with Crippen molar-refractivity contribution < 1.29 is 0 Å². The summed E-state index contributed by atoms with van der Waals surface area (Å²) in [6, 6.07) is 0.619. The summed E-state index contributed by atoms with van der Waals surface area (Å²) in [7, 11) is 2.16. The van der Waals surface area contributed by atoms with Crippen molar-refractivity contribution in [3.8, 4) is 0 Å². The number of rotatable bonds is 5. The zero-order chi connectivity index (χ0) is 11.3. The Balaban J connectivity index is 2.11. The van der Waals surface area contributed by atoms with E-state index in [-0.39, 0.29) is 0 Å². The Morgan fingerprint density at radius 1 is 1.60 bits per heavy atom. The van der Waals surface area contributed by atoms with E-state index in [0.717, 1.165) is 24.8 Å². The van der Waals surface area contributed by atoms with Crippen LogP contribution in [0, 0.1) is 0 Å². The maximum absolute atomic E-state index is 4.48. The van der Waals surface area contributed by atoms with E-state index >= 15 is 0 Å². The minimum atomic E-state index is 0.619. The molecular formula is C11H23N3S. The minimum absolute atomic E-state index is 0.619. The first kappa shape index (κ1) is 12.8. The first-order valence-electron chi connectivity index (χ1n) is 5.78. The first-order valence-corrected chi connectivity index (χ1v) is 6.66. The van der Waals surface area contributed by atoms with Crippen molar-refractivity contribution in [2.24, 2.45) is 4.99 Å². The Morgan fingerprint density at radius 3 is 2.87 bits per heavy atom. The number of thioether (sulfide) groups is 1. The second-order valence-corrected chi connectivity index (χ2v) is 5.58. The molecule has 0 aliphatic carbocycles. The lowest BCUT2D eigenvalue weighted by atomic mass is 10.3. The van der Waals surface area contributed by atoms with E-state index in [1.807, 2.05) is 11.8 Å². The average Bonchev–Trinajstić information content (AvgIpc) is 2.65. The lowest BCUT2D eigenvalue weighted by Gasteiger charge is -2.21. The van der Waals surface area contributed by atoms with Gasteiger partial charge in [0.1, 0.15) is 0 Å².